The van der Waals surface area contributed by atoms with E-state index in [2.05, 4.69) is 29.4 Å². The highest BCUT2D eigenvalue weighted by molar-refractivity contribution is 5.65. The number of benzene rings is 1. The predicted octanol–water partition coefficient (Wildman–Crippen LogP) is 3.06. The molecular formula is C16H23N5. The lowest BCUT2D eigenvalue weighted by molar-refractivity contribution is 0.257. The molecule has 0 unspecified atom stereocenters. The highest BCUT2D eigenvalue weighted by Gasteiger charge is 2.21. The summed E-state index contributed by atoms with van der Waals surface area (Å²) in [5, 5.41) is 12.3. The lowest BCUT2D eigenvalue weighted by Crippen LogP contribution is -2.19. The maximum absolute atomic E-state index is 5.91. The van der Waals surface area contributed by atoms with Crippen molar-refractivity contribution in [3.8, 4) is 11.4 Å². The Morgan fingerprint density at radius 2 is 2.00 bits per heavy atom. The summed E-state index contributed by atoms with van der Waals surface area (Å²) < 4.78 is 1.95. The Bertz CT molecular complexity index is 611. The average Bonchev–Trinajstić information content (AvgIpc) is 2.92. The van der Waals surface area contributed by atoms with Gasteiger partial charge in [-0.15, -0.1) is 5.10 Å². The van der Waals surface area contributed by atoms with Gasteiger partial charge in [-0.3, -0.25) is 0 Å². The van der Waals surface area contributed by atoms with Crippen LogP contribution in [0.4, 0.5) is 5.69 Å². The maximum atomic E-state index is 5.91. The van der Waals surface area contributed by atoms with Gasteiger partial charge in [-0.1, -0.05) is 25.8 Å². The second-order valence-electron chi connectivity index (χ2n) is 6.38. The first-order valence-electron chi connectivity index (χ1n) is 7.76. The fraction of sp³-hybridized carbons (Fsp3) is 0.562. The molecule has 5 nitrogen and oxygen atoms in total. The van der Waals surface area contributed by atoms with Crippen LogP contribution in [0.15, 0.2) is 18.2 Å². The number of anilines is 1. The van der Waals surface area contributed by atoms with Crippen molar-refractivity contribution in [1.29, 1.82) is 0 Å². The zero-order valence-corrected chi connectivity index (χ0v) is 12.8. The summed E-state index contributed by atoms with van der Waals surface area (Å²) in [5.74, 6) is 2.38. The van der Waals surface area contributed by atoms with E-state index < -0.39 is 0 Å². The van der Waals surface area contributed by atoms with Gasteiger partial charge in [0.1, 0.15) is 0 Å². The van der Waals surface area contributed by atoms with E-state index in [-0.39, 0.29) is 0 Å². The maximum Gasteiger partial charge on any atom is 0.182 e. The molecule has 1 aromatic carbocycles. The second-order valence-corrected chi connectivity index (χ2v) is 6.38. The summed E-state index contributed by atoms with van der Waals surface area (Å²) in [6.45, 7) is 5.31. The van der Waals surface area contributed by atoms with Crippen LogP contribution in [0.2, 0.25) is 0 Å². The molecular weight excluding hydrogens is 262 g/mol. The smallest absolute Gasteiger partial charge is 0.182 e. The predicted molar refractivity (Wildman–Crippen MR) is 83.5 cm³/mol. The number of tetrazole rings is 1. The lowest BCUT2D eigenvalue weighted by atomic mass is 9.83. The van der Waals surface area contributed by atoms with Crippen molar-refractivity contribution in [2.45, 2.75) is 46.1 Å². The zero-order chi connectivity index (χ0) is 14.8. The van der Waals surface area contributed by atoms with Crippen molar-refractivity contribution in [3.63, 3.8) is 0 Å². The third kappa shape index (κ3) is 3.06. The monoisotopic (exact) mass is 285 g/mol. The van der Waals surface area contributed by atoms with E-state index >= 15 is 0 Å². The van der Waals surface area contributed by atoms with Gasteiger partial charge in [0.15, 0.2) is 5.82 Å². The van der Waals surface area contributed by atoms with Gasteiger partial charge < -0.3 is 5.73 Å². The Hall–Kier alpha value is -1.91. The lowest BCUT2D eigenvalue weighted by Gasteiger charge is -2.26. The molecule has 1 heterocycles. The third-order valence-electron chi connectivity index (χ3n) is 4.60. The number of hydrogen-bond donors (Lipinski definition) is 1. The van der Waals surface area contributed by atoms with E-state index in [1.54, 1.807) is 0 Å². The minimum Gasteiger partial charge on any atom is -0.399 e. The van der Waals surface area contributed by atoms with Crippen molar-refractivity contribution in [3.05, 3.63) is 23.8 Å². The highest BCUT2D eigenvalue weighted by Crippen LogP contribution is 2.30. The number of nitrogen functional groups attached to an aromatic ring is 1. The van der Waals surface area contributed by atoms with E-state index in [4.69, 9.17) is 5.73 Å². The summed E-state index contributed by atoms with van der Waals surface area (Å²) in [6.07, 6.45) is 5.19. The standard InChI is InChI=1S/C16H23N5/c1-11-3-6-13(7-4-11)10-21-16(18-19-20-21)15-9-14(17)8-5-12(15)2/h5,8-9,11,13H,3-4,6-7,10,17H2,1-2H3. The Labute approximate surface area is 125 Å². The molecule has 0 radical (unpaired) electrons. The number of nitrogens with two attached hydrogens (primary N) is 1. The van der Waals surface area contributed by atoms with Crippen LogP contribution in [-0.4, -0.2) is 20.2 Å². The van der Waals surface area contributed by atoms with Crippen molar-refractivity contribution < 1.29 is 0 Å². The molecule has 0 amide bonds. The van der Waals surface area contributed by atoms with Gasteiger partial charge >= 0.3 is 0 Å². The highest BCUT2D eigenvalue weighted by atomic mass is 15.5. The molecule has 1 aliphatic rings. The van der Waals surface area contributed by atoms with E-state index in [1.807, 2.05) is 22.9 Å². The number of aryl methyl sites for hydroxylation is 1. The molecule has 0 spiro atoms. The van der Waals surface area contributed by atoms with E-state index in [1.165, 1.54) is 25.7 Å². The van der Waals surface area contributed by atoms with Gasteiger partial charge in [-0.25, -0.2) is 4.68 Å². The van der Waals surface area contributed by atoms with Crippen LogP contribution in [0.25, 0.3) is 11.4 Å². The first-order chi connectivity index (χ1) is 10.1. The third-order valence-corrected chi connectivity index (χ3v) is 4.60. The molecule has 0 aliphatic heterocycles. The summed E-state index contributed by atoms with van der Waals surface area (Å²) in [7, 11) is 0. The van der Waals surface area contributed by atoms with Gasteiger partial charge in [-0.05, 0) is 59.7 Å². The van der Waals surface area contributed by atoms with Crippen LogP contribution in [0.3, 0.4) is 0 Å². The second kappa shape index (κ2) is 5.84. The molecule has 5 heteroatoms. The van der Waals surface area contributed by atoms with Crippen LogP contribution >= 0.6 is 0 Å². The quantitative estimate of drug-likeness (QED) is 0.880. The normalized spacial score (nSPS) is 22.4. The average molecular weight is 285 g/mol. The van der Waals surface area contributed by atoms with Gasteiger partial charge in [0.05, 0.1) is 0 Å². The van der Waals surface area contributed by atoms with E-state index in [0.29, 0.717) is 5.92 Å². The zero-order valence-electron chi connectivity index (χ0n) is 12.8. The molecule has 0 saturated heterocycles. The topological polar surface area (TPSA) is 69.6 Å². The van der Waals surface area contributed by atoms with Crippen LogP contribution in [-0.2, 0) is 6.54 Å². The van der Waals surface area contributed by atoms with Crippen molar-refractivity contribution >= 4 is 5.69 Å². The fourth-order valence-corrected chi connectivity index (χ4v) is 3.16. The van der Waals surface area contributed by atoms with Crippen LogP contribution in [0.1, 0.15) is 38.2 Å². The molecule has 1 aliphatic carbocycles. The molecule has 1 fully saturated rings. The van der Waals surface area contributed by atoms with Crippen LogP contribution < -0.4 is 5.73 Å². The SMILES string of the molecule is Cc1ccc(N)cc1-c1nnnn1CC1CCC(C)CC1. The Balaban J connectivity index is 1.82. The van der Waals surface area contributed by atoms with Crippen molar-refractivity contribution in [2.75, 3.05) is 5.73 Å². The first-order valence-corrected chi connectivity index (χ1v) is 7.76. The number of aromatic nitrogens is 4. The molecule has 3 rings (SSSR count). The van der Waals surface area contributed by atoms with Gasteiger partial charge in [0.25, 0.3) is 0 Å². The Morgan fingerprint density at radius 3 is 2.76 bits per heavy atom. The van der Waals surface area contributed by atoms with Gasteiger partial charge in [-0.2, -0.15) is 0 Å². The first kappa shape index (κ1) is 14.0. The van der Waals surface area contributed by atoms with E-state index in [0.717, 1.165) is 35.1 Å². The molecule has 2 N–H and O–H groups in total. The molecule has 1 aromatic heterocycles. The number of nitrogens with zero attached hydrogens (tertiary/aromatic N) is 4. The molecule has 21 heavy (non-hydrogen) atoms. The Morgan fingerprint density at radius 1 is 1.24 bits per heavy atom. The molecule has 1 saturated carbocycles. The van der Waals surface area contributed by atoms with Crippen molar-refractivity contribution in [2.24, 2.45) is 11.8 Å². The molecule has 2 aromatic rings. The molecule has 0 atom stereocenters. The number of rotatable bonds is 3. The van der Waals surface area contributed by atoms with Crippen LogP contribution in [0, 0.1) is 18.8 Å². The Kier molecular flexibility index (Phi) is 3.90. The van der Waals surface area contributed by atoms with E-state index in [9.17, 15) is 0 Å². The van der Waals surface area contributed by atoms with Crippen molar-refractivity contribution in [1.82, 2.24) is 20.2 Å². The number of hydrogen-bond acceptors (Lipinski definition) is 4. The van der Waals surface area contributed by atoms with Gasteiger partial charge in [0, 0.05) is 17.8 Å². The van der Waals surface area contributed by atoms with Crippen LogP contribution in [0.5, 0.6) is 0 Å². The van der Waals surface area contributed by atoms with Gasteiger partial charge in [0.2, 0.25) is 0 Å². The summed E-state index contributed by atoms with van der Waals surface area (Å²) in [4.78, 5) is 0. The fourth-order valence-electron chi connectivity index (χ4n) is 3.16. The summed E-state index contributed by atoms with van der Waals surface area (Å²) in [5.41, 5.74) is 8.83. The summed E-state index contributed by atoms with van der Waals surface area (Å²) >= 11 is 0. The minimum atomic E-state index is 0.685. The summed E-state index contributed by atoms with van der Waals surface area (Å²) in [6, 6.07) is 5.89. The minimum absolute atomic E-state index is 0.685. The molecule has 112 valence electrons. The molecule has 0 bridgehead atoms. The largest absolute Gasteiger partial charge is 0.399 e.